The van der Waals surface area contributed by atoms with E-state index in [9.17, 15) is 30.0 Å². The van der Waals surface area contributed by atoms with Crippen molar-refractivity contribution in [1.29, 1.82) is 0 Å². The molecule has 26 heavy (non-hydrogen) atoms. The van der Waals surface area contributed by atoms with E-state index in [1.165, 1.54) is 43.2 Å². The van der Waals surface area contributed by atoms with Gasteiger partial charge in [-0.2, -0.15) is 0 Å². The number of allylic oxidation sites excluding steroid dienone is 2. The van der Waals surface area contributed by atoms with Crippen molar-refractivity contribution in [2.45, 2.75) is 41.5 Å². The first-order valence-electron chi connectivity index (χ1n) is 8.01. The van der Waals surface area contributed by atoms with Gasteiger partial charge in [-0.25, -0.2) is 4.79 Å². The number of quaternary nitrogens is 1. The van der Waals surface area contributed by atoms with Crippen molar-refractivity contribution in [2.24, 2.45) is 0 Å². The van der Waals surface area contributed by atoms with Crippen LogP contribution in [0.15, 0.2) is 24.7 Å². The second-order valence-electron chi connectivity index (χ2n) is 4.99. The van der Waals surface area contributed by atoms with Crippen molar-refractivity contribution in [2.75, 3.05) is 26.2 Å². The second-order valence-corrected chi connectivity index (χ2v) is 6.91. The number of nitrogens with zero attached hydrogens (tertiary/aromatic N) is 1. The van der Waals surface area contributed by atoms with Crippen LogP contribution in [0.1, 0.15) is 41.5 Å². The number of halogens is 6. The Balaban J connectivity index is -0.000000310. The van der Waals surface area contributed by atoms with Gasteiger partial charge in [0.15, 0.2) is 0 Å². The molecule has 0 rings (SSSR count). The van der Waals surface area contributed by atoms with Gasteiger partial charge in [0.05, 0.1) is 38.7 Å². The van der Waals surface area contributed by atoms with Crippen molar-refractivity contribution in [3.05, 3.63) is 24.7 Å². The fourth-order valence-electron chi connectivity index (χ4n) is 1.62. The van der Waals surface area contributed by atoms with Gasteiger partial charge in [0.25, 0.3) is 0 Å². The van der Waals surface area contributed by atoms with Gasteiger partial charge in [-0.15, -0.1) is 0 Å². The standard InChI is InChI=1S/C8H20N.C7H10O3.F6P/c1-5-9(6-2,7-3)8-4;1-3-5-9-7(8)10-6-4-2;1-7(2,3,4,5)6/h5-8H2,1-4H3;3-6H,1-2H3;/q+1;;-1. The van der Waals surface area contributed by atoms with Crippen LogP contribution in [0, 0.1) is 0 Å². The Morgan fingerprint density at radius 3 is 1.12 bits per heavy atom. The molecule has 0 radical (unpaired) electrons. The molecule has 0 saturated carbocycles. The summed E-state index contributed by atoms with van der Waals surface area (Å²) >= 11 is 0. The predicted octanol–water partition coefficient (Wildman–Crippen LogP) is 7.47. The zero-order valence-corrected chi connectivity index (χ0v) is 16.9. The summed E-state index contributed by atoms with van der Waals surface area (Å²) < 4.78 is 69.3. The van der Waals surface area contributed by atoms with Crippen molar-refractivity contribution in [3.8, 4) is 0 Å². The Hall–Kier alpha value is -1.28. The van der Waals surface area contributed by atoms with E-state index in [0.29, 0.717) is 0 Å². The second kappa shape index (κ2) is 11.4. The molecule has 0 heterocycles. The average Bonchev–Trinajstić information content (AvgIpc) is 2.51. The Kier molecular flexibility index (Phi) is 13.0. The summed E-state index contributed by atoms with van der Waals surface area (Å²) in [6.45, 7) is 17.7. The van der Waals surface area contributed by atoms with Crippen molar-refractivity contribution < 1.29 is 43.9 Å². The van der Waals surface area contributed by atoms with E-state index in [4.69, 9.17) is 0 Å². The first-order chi connectivity index (χ1) is 11.5. The van der Waals surface area contributed by atoms with Gasteiger partial charge in [0.1, 0.15) is 0 Å². The van der Waals surface area contributed by atoms with Crippen LogP contribution in [0.3, 0.4) is 0 Å². The van der Waals surface area contributed by atoms with Gasteiger partial charge in [-0.3, -0.25) is 0 Å². The third kappa shape index (κ3) is 30.6. The molecule has 160 valence electrons. The van der Waals surface area contributed by atoms with Gasteiger partial charge in [-0.1, -0.05) is 12.2 Å². The monoisotopic (exact) mass is 417 g/mol. The Labute approximate surface area is 151 Å². The molecule has 0 amide bonds. The minimum absolute atomic E-state index is 0.726. The van der Waals surface area contributed by atoms with Gasteiger partial charge >= 0.3 is 39.1 Å². The zero-order chi connectivity index (χ0) is 21.6. The summed E-state index contributed by atoms with van der Waals surface area (Å²) in [4.78, 5) is 10.4. The zero-order valence-electron chi connectivity index (χ0n) is 16.0. The summed E-state index contributed by atoms with van der Waals surface area (Å²) in [6, 6.07) is 0. The van der Waals surface area contributed by atoms with Crippen LogP contribution < -0.4 is 0 Å². The van der Waals surface area contributed by atoms with Crippen LogP contribution in [-0.4, -0.2) is 36.8 Å². The van der Waals surface area contributed by atoms with Crippen molar-refractivity contribution in [1.82, 2.24) is 0 Å². The average molecular weight is 417 g/mol. The molecule has 0 saturated heterocycles. The number of hydrogen-bond donors (Lipinski definition) is 0. The van der Waals surface area contributed by atoms with Gasteiger partial charge in [0.2, 0.25) is 0 Å². The van der Waals surface area contributed by atoms with E-state index in [0.717, 1.165) is 0 Å². The van der Waals surface area contributed by atoms with Crippen LogP contribution in [0.25, 0.3) is 0 Å². The van der Waals surface area contributed by atoms with Gasteiger partial charge < -0.3 is 14.0 Å². The molecular weight excluding hydrogens is 387 g/mol. The van der Waals surface area contributed by atoms with E-state index in [1.807, 2.05) is 0 Å². The number of ether oxygens (including phenoxy) is 2. The summed E-state index contributed by atoms with van der Waals surface area (Å²) in [7, 11) is -10.7. The quantitative estimate of drug-likeness (QED) is 0.148. The SMILES string of the molecule is CC=COC(=O)OC=CC.CC[N+](CC)(CC)CC.F[P-](F)(F)(F)(F)F. The molecule has 0 unspecified atom stereocenters. The molecule has 0 fully saturated rings. The Bertz CT molecular complexity index is 400. The predicted molar refractivity (Wildman–Crippen MR) is 93.2 cm³/mol. The Morgan fingerprint density at radius 1 is 0.769 bits per heavy atom. The number of rotatable bonds is 6. The molecule has 0 aromatic heterocycles. The fraction of sp³-hybridized carbons (Fsp3) is 0.667. The van der Waals surface area contributed by atoms with Crippen molar-refractivity contribution in [3.63, 3.8) is 0 Å². The molecule has 11 heteroatoms. The molecular formula is C15H30F6NO3P. The third-order valence-corrected chi connectivity index (χ3v) is 3.28. The minimum atomic E-state index is -10.7. The maximum absolute atomic E-state index is 10.7. The molecule has 4 nitrogen and oxygen atoms in total. The molecule has 0 aliphatic rings. The topological polar surface area (TPSA) is 35.5 Å². The van der Waals surface area contributed by atoms with Crippen LogP contribution in [0.4, 0.5) is 30.0 Å². The number of carbonyl (C=O) groups is 1. The molecule has 0 aliphatic heterocycles. The van der Waals surface area contributed by atoms with E-state index in [2.05, 4.69) is 37.2 Å². The molecule has 0 aromatic carbocycles. The maximum atomic E-state index is 10.4. The summed E-state index contributed by atoms with van der Waals surface area (Å²) in [6.07, 6.45) is 4.97. The van der Waals surface area contributed by atoms with Gasteiger partial charge in [-0.05, 0) is 41.5 Å². The normalized spacial score (nSPS) is 14.5. The van der Waals surface area contributed by atoms with Crippen LogP contribution in [0.2, 0.25) is 0 Å². The molecule has 0 spiro atoms. The van der Waals surface area contributed by atoms with Crippen molar-refractivity contribution >= 4 is 14.0 Å². The number of hydrogen-bond acceptors (Lipinski definition) is 3. The van der Waals surface area contributed by atoms with Crippen LogP contribution in [-0.2, 0) is 9.47 Å². The molecule has 0 aromatic rings. The number of carbonyl (C=O) groups excluding carboxylic acids is 1. The first-order valence-corrected chi connectivity index (χ1v) is 10.0. The molecule has 0 bridgehead atoms. The molecule has 0 N–H and O–H groups in total. The van der Waals surface area contributed by atoms with E-state index >= 15 is 0 Å². The first kappa shape index (κ1) is 29.5. The molecule has 0 aliphatic carbocycles. The van der Waals surface area contributed by atoms with E-state index in [1.54, 1.807) is 26.0 Å². The molecule has 0 atom stereocenters. The van der Waals surface area contributed by atoms with Crippen LogP contribution >= 0.6 is 7.81 Å². The fourth-order valence-corrected chi connectivity index (χ4v) is 1.62. The van der Waals surface area contributed by atoms with E-state index < -0.39 is 14.0 Å². The summed E-state index contributed by atoms with van der Waals surface area (Å²) in [5, 5.41) is 0. The summed E-state index contributed by atoms with van der Waals surface area (Å²) in [5.74, 6) is 0. The van der Waals surface area contributed by atoms with E-state index in [-0.39, 0.29) is 0 Å². The van der Waals surface area contributed by atoms with Crippen LogP contribution in [0.5, 0.6) is 0 Å². The Morgan fingerprint density at radius 2 is 1.00 bits per heavy atom. The summed E-state index contributed by atoms with van der Waals surface area (Å²) in [5.41, 5.74) is 0. The third-order valence-electron chi connectivity index (χ3n) is 3.28. The van der Waals surface area contributed by atoms with Gasteiger partial charge in [0, 0.05) is 0 Å².